The lowest BCUT2D eigenvalue weighted by molar-refractivity contribution is -0.152. The lowest BCUT2D eigenvalue weighted by Crippen LogP contribution is -2.41. The van der Waals surface area contributed by atoms with Gasteiger partial charge in [0, 0.05) is 18.7 Å². The fraction of sp³-hybridized carbons (Fsp3) is 0.333. The van der Waals surface area contributed by atoms with E-state index in [2.05, 4.69) is 10.6 Å². The van der Waals surface area contributed by atoms with Crippen molar-refractivity contribution < 1.29 is 28.3 Å². The highest BCUT2D eigenvalue weighted by Crippen LogP contribution is 2.26. The minimum absolute atomic E-state index is 0.0135. The van der Waals surface area contributed by atoms with Crippen LogP contribution >= 0.6 is 0 Å². The van der Waals surface area contributed by atoms with Crippen LogP contribution in [0.3, 0.4) is 0 Å². The number of esters is 1. The monoisotopic (exact) mass is 413 g/mol. The van der Waals surface area contributed by atoms with Crippen LogP contribution in [-0.4, -0.2) is 37.0 Å². The summed E-state index contributed by atoms with van der Waals surface area (Å²) in [7, 11) is 0. The molecule has 1 aromatic carbocycles. The maximum absolute atomic E-state index is 12.3. The van der Waals surface area contributed by atoms with Crippen molar-refractivity contribution in [2.24, 2.45) is 5.92 Å². The molecule has 1 fully saturated rings. The number of hydrogen-bond acceptors (Lipinski definition) is 6. The van der Waals surface area contributed by atoms with Crippen LogP contribution in [0.2, 0.25) is 0 Å². The fourth-order valence-electron chi connectivity index (χ4n) is 3.07. The van der Waals surface area contributed by atoms with Gasteiger partial charge in [-0.05, 0) is 36.2 Å². The summed E-state index contributed by atoms with van der Waals surface area (Å²) in [6.45, 7) is 1.74. The Labute approximate surface area is 173 Å². The van der Waals surface area contributed by atoms with E-state index in [-0.39, 0.29) is 25.4 Å². The summed E-state index contributed by atoms with van der Waals surface area (Å²) in [5.41, 5.74) is 1.87. The molecule has 0 radical (unpaired) electrons. The third-order valence-corrected chi connectivity index (χ3v) is 4.72. The number of imide groups is 1. The van der Waals surface area contributed by atoms with E-state index in [4.69, 9.17) is 9.15 Å². The van der Waals surface area contributed by atoms with E-state index < -0.39 is 30.4 Å². The zero-order valence-electron chi connectivity index (χ0n) is 16.6. The van der Waals surface area contributed by atoms with E-state index in [9.17, 15) is 19.2 Å². The third-order valence-electron chi connectivity index (χ3n) is 4.72. The van der Waals surface area contributed by atoms with Crippen LogP contribution in [0.15, 0.2) is 47.1 Å². The quantitative estimate of drug-likeness (QED) is 0.668. The number of furan rings is 1. The van der Waals surface area contributed by atoms with Gasteiger partial charge in [0.05, 0.1) is 18.7 Å². The number of nitrogens with zero attached hydrogens (tertiary/aromatic N) is 1. The first-order valence-electron chi connectivity index (χ1n) is 9.62. The number of carbonyl (C=O) groups excluding carboxylic acids is 4. The number of benzene rings is 1. The summed E-state index contributed by atoms with van der Waals surface area (Å²) in [6, 6.07) is 10.2. The number of rotatable bonds is 7. The second-order valence-electron chi connectivity index (χ2n) is 6.84. The highest BCUT2D eigenvalue weighted by Gasteiger charge is 2.36. The van der Waals surface area contributed by atoms with Gasteiger partial charge in [0.15, 0.2) is 6.61 Å². The molecule has 0 unspecified atom stereocenters. The number of amides is 4. The van der Waals surface area contributed by atoms with E-state index >= 15 is 0 Å². The van der Waals surface area contributed by atoms with Gasteiger partial charge < -0.3 is 19.4 Å². The van der Waals surface area contributed by atoms with Crippen LogP contribution in [0.25, 0.3) is 0 Å². The molecular formula is C21H23N3O6. The van der Waals surface area contributed by atoms with Crippen molar-refractivity contribution in [1.29, 1.82) is 0 Å². The number of hydrogen-bond donors (Lipinski definition) is 2. The zero-order chi connectivity index (χ0) is 21.5. The summed E-state index contributed by atoms with van der Waals surface area (Å²) >= 11 is 0. The summed E-state index contributed by atoms with van der Waals surface area (Å²) in [5, 5.41) is 4.50. The minimum Gasteiger partial charge on any atom is -0.467 e. The van der Waals surface area contributed by atoms with Crippen molar-refractivity contribution in [1.82, 2.24) is 10.6 Å². The second-order valence-corrected chi connectivity index (χ2v) is 6.84. The Hall–Kier alpha value is -3.62. The maximum atomic E-state index is 12.3. The Kier molecular flexibility index (Phi) is 6.84. The first-order valence-corrected chi connectivity index (χ1v) is 9.62. The SMILES string of the molecule is CCc1ccc(N2C[C@@H](C(=O)OCC(=O)NC(=O)NCc3ccco3)CC2=O)cc1. The summed E-state index contributed by atoms with van der Waals surface area (Å²) in [4.78, 5) is 49.5. The highest BCUT2D eigenvalue weighted by atomic mass is 16.5. The average molecular weight is 413 g/mol. The van der Waals surface area contributed by atoms with Crippen LogP contribution in [-0.2, 0) is 32.1 Å². The minimum atomic E-state index is -0.767. The van der Waals surface area contributed by atoms with Gasteiger partial charge in [-0.2, -0.15) is 0 Å². The topological polar surface area (TPSA) is 118 Å². The molecule has 9 heteroatoms. The number of anilines is 1. The standard InChI is InChI=1S/C21H23N3O6/c1-2-14-5-7-16(8-6-14)24-12-15(10-19(24)26)20(27)30-13-18(25)23-21(28)22-11-17-4-3-9-29-17/h3-9,15H,2,10-13H2,1H3,(H2,22,23,25,28)/t15-/m0/s1. The lowest BCUT2D eigenvalue weighted by atomic mass is 10.1. The third kappa shape index (κ3) is 5.47. The van der Waals surface area contributed by atoms with E-state index in [1.54, 1.807) is 12.1 Å². The average Bonchev–Trinajstić information content (AvgIpc) is 3.40. The smallest absolute Gasteiger partial charge is 0.321 e. The Morgan fingerprint density at radius 1 is 1.20 bits per heavy atom. The molecule has 0 saturated carbocycles. The van der Waals surface area contributed by atoms with Gasteiger partial charge in [-0.15, -0.1) is 0 Å². The number of carbonyl (C=O) groups is 4. The molecule has 0 bridgehead atoms. The molecular weight excluding hydrogens is 390 g/mol. The number of urea groups is 1. The van der Waals surface area contributed by atoms with E-state index in [1.165, 1.54) is 11.2 Å². The molecule has 0 spiro atoms. The van der Waals surface area contributed by atoms with Gasteiger partial charge in [-0.3, -0.25) is 19.7 Å². The molecule has 4 amide bonds. The van der Waals surface area contributed by atoms with Crippen molar-refractivity contribution in [3.05, 3.63) is 54.0 Å². The predicted octanol–water partition coefficient (Wildman–Crippen LogP) is 1.76. The summed E-state index contributed by atoms with van der Waals surface area (Å²) in [6.07, 6.45) is 2.38. The molecule has 158 valence electrons. The van der Waals surface area contributed by atoms with E-state index in [1.807, 2.05) is 31.2 Å². The molecule has 2 N–H and O–H groups in total. The summed E-state index contributed by atoms with van der Waals surface area (Å²) < 4.78 is 10.0. The molecule has 3 rings (SSSR count). The predicted molar refractivity (Wildman–Crippen MR) is 106 cm³/mol. The van der Waals surface area contributed by atoms with Gasteiger partial charge in [-0.25, -0.2) is 4.79 Å². The molecule has 30 heavy (non-hydrogen) atoms. The largest absolute Gasteiger partial charge is 0.467 e. The molecule has 1 saturated heterocycles. The van der Waals surface area contributed by atoms with Crippen molar-refractivity contribution >= 4 is 29.5 Å². The lowest BCUT2D eigenvalue weighted by Gasteiger charge is -2.17. The van der Waals surface area contributed by atoms with Gasteiger partial charge in [0.2, 0.25) is 5.91 Å². The molecule has 0 aliphatic carbocycles. The Morgan fingerprint density at radius 3 is 2.63 bits per heavy atom. The number of ether oxygens (including phenoxy) is 1. The Bertz CT molecular complexity index is 907. The Balaban J connectivity index is 1.42. The Morgan fingerprint density at radius 2 is 1.97 bits per heavy atom. The maximum Gasteiger partial charge on any atom is 0.321 e. The van der Waals surface area contributed by atoms with Gasteiger partial charge in [0.25, 0.3) is 5.91 Å². The summed E-state index contributed by atoms with van der Waals surface area (Å²) in [5.74, 6) is -1.73. The van der Waals surface area contributed by atoms with Crippen molar-refractivity contribution in [2.75, 3.05) is 18.1 Å². The van der Waals surface area contributed by atoms with Gasteiger partial charge in [-0.1, -0.05) is 19.1 Å². The number of nitrogens with one attached hydrogen (secondary N) is 2. The molecule has 2 heterocycles. The molecule has 9 nitrogen and oxygen atoms in total. The highest BCUT2D eigenvalue weighted by molar-refractivity contribution is 6.00. The van der Waals surface area contributed by atoms with Gasteiger partial charge in [0.1, 0.15) is 5.76 Å². The molecule has 2 aromatic rings. The first-order chi connectivity index (χ1) is 14.5. The molecule has 1 aliphatic rings. The van der Waals surface area contributed by atoms with Crippen molar-refractivity contribution in [3.8, 4) is 0 Å². The van der Waals surface area contributed by atoms with E-state index in [0.717, 1.165) is 17.7 Å². The normalized spacial score (nSPS) is 15.7. The molecule has 1 atom stereocenters. The van der Waals surface area contributed by atoms with E-state index in [0.29, 0.717) is 5.76 Å². The number of aryl methyl sites for hydroxylation is 1. The zero-order valence-corrected chi connectivity index (χ0v) is 16.6. The van der Waals surface area contributed by atoms with Crippen molar-refractivity contribution in [3.63, 3.8) is 0 Å². The molecule has 1 aliphatic heterocycles. The first kappa shape index (κ1) is 21.1. The van der Waals surface area contributed by atoms with Crippen LogP contribution in [0.4, 0.5) is 10.5 Å². The van der Waals surface area contributed by atoms with Crippen molar-refractivity contribution in [2.45, 2.75) is 26.3 Å². The van der Waals surface area contributed by atoms with Crippen LogP contribution in [0, 0.1) is 5.92 Å². The fourth-order valence-corrected chi connectivity index (χ4v) is 3.07. The van der Waals surface area contributed by atoms with Crippen LogP contribution < -0.4 is 15.5 Å². The molecule has 1 aromatic heterocycles. The van der Waals surface area contributed by atoms with Gasteiger partial charge >= 0.3 is 12.0 Å². The second kappa shape index (κ2) is 9.73. The van der Waals surface area contributed by atoms with Crippen LogP contribution in [0.1, 0.15) is 24.7 Å². The van der Waals surface area contributed by atoms with Crippen LogP contribution in [0.5, 0.6) is 0 Å².